The zero-order chi connectivity index (χ0) is 18.5. The Morgan fingerprint density at radius 3 is 1.25 bits per heavy atom. The largest absolute Gasteiger partial charge is 0.387 e. The molecule has 6 nitrogen and oxygen atoms in total. The summed E-state index contributed by atoms with van der Waals surface area (Å²) in [5.41, 5.74) is 0. The van der Waals surface area contributed by atoms with Crippen LogP contribution in [0.15, 0.2) is 0 Å². The van der Waals surface area contributed by atoms with E-state index in [4.69, 9.17) is 15.3 Å². The third-order valence-electron chi connectivity index (χ3n) is 4.54. The number of hydrogen-bond acceptors (Lipinski definition) is 6. The first-order valence-corrected chi connectivity index (χ1v) is 9.53. The van der Waals surface area contributed by atoms with Gasteiger partial charge in [0, 0.05) is 0 Å². The van der Waals surface area contributed by atoms with Crippen LogP contribution in [0.1, 0.15) is 96.8 Å². The molecular formula is C18H38O6. The molecule has 0 amide bonds. The first-order valence-electron chi connectivity index (χ1n) is 9.53. The highest BCUT2D eigenvalue weighted by Crippen LogP contribution is 2.22. The van der Waals surface area contributed by atoms with E-state index in [1.54, 1.807) is 0 Å². The van der Waals surface area contributed by atoms with Gasteiger partial charge in [-0.25, -0.2) is 0 Å². The molecule has 0 fully saturated rings. The van der Waals surface area contributed by atoms with Gasteiger partial charge in [-0.3, -0.25) is 0 Å². The summed E-state index contributed by atoms with van der Waals surface area (Å²) in [6, 6.07) is 0. The molecule has 0 aliphatic heterocycles. The van der Waals surface area contributed by atoms with E-state index in [9.17, 15) is 15.3 Å². The minimum absolute atomic E-state index is 0.0197. The van der Waals surface area contributed by atoms with Crippen molar-refractivity contribution in [2.75, 3.05) is 0 Å². The molecular weight excluding hydrogens is 312 g/mol. The van der Waals surface area contributed by atoms with E-state index in [1.165, 1.54) is 57.8 Å². The lowest BCUT2D eigenvalue weighted by atomic mass is 10.00. The van der Waals surface area contributed by atoms with E-state index >= 15 is 0 Å². The molecule has 1 unspecified atom stereocenters. The van der Waals surface area contributed by atoms with E-state index in [1.807, 2.05) is 0 Å². The second-order valence-electron chi connectivity index (χ2n) is 6.91. The van der Waals surface area contributed by atoms with Crippen LogP contribution in [0, 0.1) is 0 Å². The quantitative estimate of drug-likeness (QED) is 0.187. The highest BCUT2D eigenvalue weighted by Gasteiger charge is 2.51. The Bertz CT molecular complexity index is 288. The van der Waals surface area contributed by atoms with Gasteiger partial charge >= 0.3 is 5.97 Å². The van der Waals surface area contributed by atoms with Crippen LogP contribution < -0.4 is 0 Å². The molecule has 0 rings (SSSR count). The smallest absolute Gasteiger partial charge is 0.335 e. The van der Waals surface area contributed by atoms with Gasteiger partial charge in [-0.2, -0.15) is 0 Å². The van der Waals surface area contributed by atoms with Gasteiger partial charge in [0.25, 0.3) is 5.79 Å². The van der Waals surface area contributed by atoms with Crippen LogP contribution >= 0.6 is 0 Å². The van der Waals surface area contributed by atoms with Crippen molar-refractivity contribution in [2.24, 2.45) is 0 Å². The zero-order valence-electron chi connectivity index (χ0n) is 15.2. The van der Waals surface area contributed by atoms with Crippen molar-refractivity contribution >= 4 is 0 Å². The molecule has 0 aromatic carbocycles. The van der Waals surface area contributed by atoms with Crippen molar-refractivity contribution in [3.63, 3.8) is 0 Å². The van der Waals surface area contributed by atoms with Crippen molar-refractivity contribution in [1.82, 2.24) is 0 Å². The number of hydrogen-bond donors (Lipinski definition) is 6. The summed E-state index contributed by atoms with van der Waals surface area (Å²) in [4.78, 5) is 0. The Balaban J connectivity index is 3.43. The first-order chi connectivity index (χ1) is 11.2. The van der Waals surface area contributed by atoms with Gasteiger partial charge in [-0.05, 0) is 6.42 Å². The van der Waals surface area contributed by atoms with E-state index in [-0.39, 0.29) is 6.42 Å². The van der Waals surface area contributed by atoms with Crippen molar-refractivity contribution in [3.05, 3.63) is 0 Å². The molecule has 0 saturated carbocycles. The van der Waals surface area contributed by atoms with E-state index in [0.29, 0.717) is 6.42 Å². The molecule has 0 heterocycles. The Hall–Kier alpha value is -0.240. The van der Waals surface area contributed by atoms with Gasteiger partial charge in [0.1, 0.15) is 6.10 Å². The topological polar surface area (TPSA) is 121 Å². The molecule has 0 aliphatic carbocycles. The zero-order valence-corrected chi connectivity index (χ0v) is 15.2. The lowest BCUT2D eigenvalue weighted by molar-refractivity contribution is -0.464. The molecule has 24 heavy (non-hydrogen) atoms. The second kappa shape index (κ2) is 13.0. The molecule has 0 saturated heterocycles. The Kier molecular flexibility index (Phi) is 12.9. The van der Waals surface area contributed by atoms with Gasteiger partial charge in [0.15, 0.2) is 0 Å². The average molecular weight is 350 g/mol. The third kappa shape index (κ3) is 10.6. The SMILES string of the molecule is CCCCCCCCCCCCCCCC(O)C(O)(O)C(O)(O)O. The molecule has 0 bridgehead atoms. The summed E-state index contributed by atoms with van der Waals surface area (Å²) in [5.74, 6) is -7.08. The summed E-state index contributed by atoms with van der Waals surface area (Å²) in [6.45, 7) is 2.23. The second-order valence-corrected chi connectivity index (χ2v) is 6.91. The fourth-order valence-electron chi connectivity index (χ4n) is 2.78. The van der Waals surface area contributed by atoms with Crippen molar-refractivity contribution < 1.29 is 30.6 Å². The Labute approximate surface area is 146 Å². The number of rotatable bonds is 16. The highest BCUT2D eigenvalue weighted by molar-refractivity contribution is 4.81. The summed E-state index contributed by atoms with van der Waals surface area (Å²) in [7, 11) is 0. The fraction of sp³-hybridized carbons (Fsp3) is 1.00. The van der Waals surface area contributed by atoms with Crippen LogP contribution in [0.25, 0.3) is 0 Å². The van der Waals surface area contributed by atoms with Crippen molar-refractivity contribution in [3.8, 4) is 0 Å². The van der Waals surface area contributed by atoms with Gasteiger partial charge in [-0.1, -0.05) is 90.4 Å². The minimum atomic E-state index is -3.73. The Morgan fingerprint density at radius 1 is 0.583 bits per heavy atom. The summed E-state index contributed by atoms with van der Waals surface area (Å²) < 4.78 is 0. The van der Waals surface area contributed by atoms with Gasteiger partial charge in [-0.15, -0.1) is 0 Å². The molecule has 0 aliphatic rings. The van der Waals surface area contributed by atoms with Crippen molar-refractivity contribution in [1.29, 1.82) is 0 Å². The maximum Gasteiger partial charge on any atom is 0.335 e. The molecule has 6 heteroatoms. The van der Waals surface area contributed by atoms with Crippen LogP contribution in [-0.2, 0) is 0 Å². The van der Waals surface area contributed by atoms with E-state index in [0.717, 1.165) is 19.3 Å². The third-order valence-corrected chi connectivity index (χ3v) is 4.54. The lowest BCUT2D eigenvalue weighted by Gasteiger charge is -2.33. The van der Waals surface area contributed by atoms with Crippen LogP contribution in [-0.4, -0.2) is 48.5 Å². The highest BCUT2D eigenvalue weighted by atomic mass is 16.7. The number of aliphatic hydroxyl groups excluding tert-OH is 1. The summed E-state index contributed by atoms with van der Waals surface area (Å²) >= 11 is 0. The standard InChI is InChI=1S/C18H38O6/c1-2-3-4-5-6-7-8-9-10-11-12-13-14-15-16(19)17(20,21)18(22,23)24/h16,19-24H,2-15H2,1H3. The maximum atomic E-state index is 9.51. The maximum absolute atomic E-state index is 9.51. The number of aliphatic hydroxyl groups is 6. The monoisotopic (exact) mass is 350 g/mol. The molecule has 0 radical (unpaired) electrons. The van der Waals surface area contributed by atoms with Crippen LogP contribution in [0.5, 0.6) is 0 Å². The van der Waals surface area contributed by atoms with Crippen LogP contribution in [0.4, 0.5) is 0 Å². The minimum Gasteiger partial charge on any atom is -0.387 e. The van der Waals surface area contributed by atoms with Crippen molar-refractivity contribution in [2.45, 2.75) is 115 Å². The van der Waals surface area contributed by atoms with Crippen LogP contribution in [0.2, 0.25) is 0 Å². The molecule has 146 valence electrons. The fourth-order valence-corrected chi connectivity index (χ4v) is 2.78. The van der Waals surface area contributed by atoms with E-state index < -0.39 is 17.9 Å². The average Bonchev–Trinajstić information content (AvgIpc) is 2.50. The van der Waals surface area contributed by atoms with Gasteiger partial charge < -0.3 is 30.6 Å². The predicted molar refractivity (Wildman–Crippen MR) is 92.9 cm³/mol. The summed E-state index contributed by atoms with van der Waals surface area (Å²) in [6.07, 6.45) is 13.3. The van der Waals surface area contributed by atoms with Gasteiger partial charge in [0.05, 0.1) is 0 Å². The first kappa shape index (κ1) is 23.8. The molecule has 1 atom stereocenters. The molecule has 0 aromatic heterocycles. The molecule has 0 spiro atoms. The summed E-state index contributed by atoms with van der Waals surface area (Å²) in [5, 5.41) is 54.4. The number of unbranched alkanes of at least 4 members (excludes halogenated alkanes) is 12. The van der Waals surface area contributed by atoms with Crippen LogP contribution in [0.3, 0.4) is 0 Å². The molecule has 0 aromatic rings. The normalized spacial score (nSPS) is 14.1. The Morgan fingerprint density at radius 2 is 0.917 bits per heavy atom. The lowest BCUT2D eigenvalue weighted by Crippen LogP contribution is -2.61. The van der Waals surface area contributed by atoms with Gasteiger partial charge in [0.2, 0.25) is 0 Å². The van der Waals surface area contributed by atoms with E-state index in [2.05, 4.69) is 6.92 Å². The predicted octanol–water partition coefficient (Wildman–Crippen LogP) is 2.14. The molecule has 6 N–H and O–H groups in total.